The van der Waals surface area contributed by atoms with Crippen LogP contribution in [0.2, 0.25) is 0 Å². The fourth-order valence-electron chi connectivity index (χ4n) is 3.82. The Bertz CT molecular complexity index is 978. The maximum atomic E-state index is 9.43. The van der Waals surface area contributed by atoms with Crippen LogP contribution in [0.4, 0.5) is 0 Å². The van der Waals surface area contributed by atoms with Crippen LogP contribution in [0.1, 0.15) is 28.2 Å². The van der Waals surface area contributed by atoms with Gasteiger partial charge in [-0.05, 0) is 23.6 Å². The van der Waals surface area contributed by atoms with Crippen LogP contribution in [-0.2, 0) is 5.54 Å². The summed E-state index contributed by atoms with van der Waals surface area (Å²) in [4.78, 5) is 4.47. The zero-order valence-electron chi connectivity index (χ0n) is 15.1. The van der Waals surface area contributed by atoms with Gasteiger partial charge in [-0.25, -0.2) is 4.98 Å². The molecule has 4 rings (SSSR count). The lowest BCUT2D eigenvalue weighted by Crippen LogP contribution is -2.38. The standard InChI is InChI=1S/C24H19N3/c1-19-26-23(17-25)18-27(19)24(20-11-5-2-6-12-20,21-13-7-3-8-14-21)22-15-9-4-10-16-22/h2-16,18H,1H3. The summed E-state index contributed by atoms with van der Waals surface area (Å²) in [5.41, 5.74) is 3.16. The summed E-state index contributed by atoms with van der Waals surface area (Å²) in [5.74, 6) is 0.795. The summed E-state index contributed by atoms with van der Waals surface area (Å²) in [7, 11) is 0. The number of aromatic nitrogens is 2. The van der Waals surface area contributed by atoms with Gasteiger partial charge in [0.15, 0.2) is 5.69 Å². The Morgan fingerprint density at radius 2 is 1.15 bits per heavy atom. The zero-order valence-corrected chi connectivity index (χ0v) is 15.1. The normalized spacial score (nSPS) is 11.1. The zero-order chi connectivity index (χ0) is 18.7. The van der Waals surface area contributed by atoms with Gasteiger partial charge in [0.25, 0.3) is 0 Å². The number of benzene rings is 3. The van der Waals surface area contributed by atoms with E-state index in [4.69, 9.17) is 0 Å². The fraction of sp³-hybridized carbons (Fsp3) is 0.0833. The van der Waals surface area contributed by atoms with Crippen molar-refractivity contribution in [2.45, 2.75) is 12.5 Å². The first-order chi connectivity index (χ1) is 13.3. The molecule has 130 valence electrons. The molecule has 0 amide bonds. The van der Waals surface area contributed by atoms with Crippen molar-refractivity contribution >= 4 is 0 Å². The Balaban J connectivity index is 2.16. The SMILES string of the molecule is Cc1nc(C#N)cn1C(c1ccccc1)(c1ccccc1)c1ccccc1. The van der Waals surface area contributed by atoms with Gasteiger partial charge in [-0.3, -0.25) is 0 Å². The first kappa shape index (κ1) is 16.8. The second kappa shape index (κ2) is 6.93. The first-order valence-corrected chi connectivity index (χ1v) is 8.90. The monoisotopic (exact) mass is 349 g/mol. The second-order valence-electron chi connectivity index (χ2n) is 6.46. The molecule has 0 atom stereocenters. The molecule has 0 aliphatic heterocycles. The van der Waals surface area contributed by atoms with E-state index in [2.05, 4.69) is 52.0 Å². The van der Waals surface area contributed by atoms with E-state index in [1.165, 1.54) is 0 Å². The van der Waals surface area contributed by atoms with E-state index in [-0.39, 0.29) is 0 Å². The molecule has 1 heterocycles. The van der Waals surface area contributed by atoms with E-state index in [0.29, 0.717) is 5.69 Å². The van der Waals surface area contributed by atoms with E-state index in [0.717, 1.165) is 22.5 Å². The molecular formula is C24H19N3. The molecule has 0 N–H and O–H groups in total. The first-order valence-electron chi connectivity index (χ1n) is 8.90. The highest BCUT2D eigenvalue weighted by atomic mass is 15.1. The third kappa shape index (κ3) is 2.72. The van der Waals surface area contributed by atoms with Crippen molar-refractivity contribution in [3.8, 4) is 6.07 Å². The number of nitrogens with zero attached hydrogens (tertiary/aromatic N) is 3. The Morgan fingerprint density at radius 1 is 0.741 bits per heavy atom. The molecule has 0 aliphatic carbocycles. The van der Waals surface area contributed by atoms with Gasteiger partial charge in [0.1, 0.15) is 17.4 Å². The van der Waals surface area contributed by atoms with Crippen LogP contribution < -0.4 is 0 Å². The van der Waals surface area contributed by atoms with Crippen molar-refractivity contribution in [1.82, 2.24) is 9.55 Å². The molecule has 1 aromatic heterocycles. The van der Waals surface area contributed by atoms with E-state index in [9.17, 15) is 5.26 Å². The minimum Gasteiger partial charge on any atom is -0.315 e. The summed E-state index contributed by atoms with van der Waals surface area (Å²) in [6.07, 6.45) is 1.85. The predicted octanol–water partition coefficient (Wildman–Crippen LogP) is 4.90. The van der Waals surface area contributed by atoms with Gasteiger partial charge in [-0.15, -0.1) is 0 Å². The van der Waals surface area contributed by atoms with Crippen molar-refractivity contribution in [3.63, 3.8) is 0 Å². The molecule has 3 nitrogen and oxygen atoms in total. The molecule has 0 fully saturated rings. The van der Waals surface area contributed by atoms with E-state index in [1.54, 1.807) is 0 Å². The molecule has 0 aliphatic rings. The summed E-state index contributed by atoms with van der Waals surface area (Å²) in [6, 6.07) is 33.3. The average Bonchev–Trinajstić information content (AvgIpc) is 3.12. The van der Waals surface area contributed by atoms with Gasteiger partial charge in [0, 0.05) is 6.20 Å². The third-order valence-corrected chi connectivity index (χ3v) is 4.93. The summed E-state index contributed by atoms with van der Waals surface area (Å²) in [6.45, 7) is 1.95. The van der Waals surface area contributed by atoms with Crippen molar-refractivity contribution in [2.75, 3.05) is 0 Å². The molecule has 0 spiro atoms. The lowest BCUT2D eigenvalue weighted by atomic mass is 9.76. The number of hydrogen-bond acceptors (Lipinski definition) is 2. The van der Waals surface area contributed by atoms with E-state index >= 15 is 0 Å². The predicted molar refractivity (Wildman–Crippen MR) is 106 cm³/mol. The molecule has 0 saturated carbocycles. The third-order valence-electron chi connectivity index (χ3n) is 4.93. The Hall–Kier alpha value is -3.64. The second-order valence-corrected chi connectivity index (χ2v) is 6.46. The minimum atomic E-state index is -0.615. The molecule has 0 saturated heterocycles. The molecular weight excluding hydrogens is 330 g/mol. The van der Waals surface area contributed by atoms with Crippen molar-refractivity contribution in [1.29, 1.82) is 5.26 Å². The van der Waals surface area contributed by atoms with Crippen LogP contribution in [0, 0.1) is 18.3 Å². The highest BCUT2D eigenvalue weighted by Gasteiger charge is 2.39. The number of nitriles is 1. The van der Waals surface area contributed by atoms with Crippen LogP contribution in [0.5, 0.6) is 0 Å². The molecule has 3 aromatic carbocycles. The Morgan fingerprint density at radius 3 is 1.48 bits per heavy atom. The van der Waals surface area contributed by atoms with Gasteiger partial charge in [-0.2, -0.15) is 5.26 Å². The Kier molecular flexibility index (Phi) is 4.32. The maximum absolute atomic E-state index is 9.43. The van der Waals surface area contributed by atoms with Crippen molar-refractivity contribution < 1.29 is 0 Å². The Labute approximate surface area is 159 Å². The molecule has 3 heteroatoms. The van der Waals surface area contributed by atoms with E-state index < -0.39 is 5.54 Å². The van der Waals surface area contributed by atoms with Crippen LogP contribution in [0.15, 0.2) is 97.2 Å². The molecule has 4 aromatic rings. The van der Waals surface area contributed by atoms with Crippen LogP contribution >= 0.6 is 0 Å². The van der Waals surface area contributed by atoms with Gasteiger partial charge in [0.05, 0.1) is 0 Å². The number of aryl methyl sites for hydroxylation is 1. The van der Waals surface area contributed by atoms with Gasteiger partial charge in [0.2, 0.25) is 0 Å². The lowest BCUT2D eigenvalue weighted by Gasteiger charge is -2.38. The molecule has 0 bridgehead atoms. The topological polar surface area (TPSA) is 41.6 Å². The molecule has 0 unspecified atom stereocenters. The smallest absolute Gasteiger partial charge is 0.158 e. The number of imidazole rings is 1. The number of rotatable bonds is 4. The summed E-state index contributed by atoms with van der Waals surface area (Å²) < 4.78 is 2.12. The molecule has 27 heavy (non-hydrogen) atoms. The van der Waals surface area contributed by atoms with Crippen LogP contribution in [0.3, 0.4) is 0 Å². The lowest BCUT2D eigenvalue weighted by molar-refractivity contribution is 0.502. The van der Waals surface area contributed by atoms with Gasteiger partial charge in [-0.1, -0.05) is 91.0 Å². The van der Waals surface area contributed by atoms with Crippen molar-refractivity contribution in [2.24, 2.45) is 0 Å². The fourth-order valence-corrected chi connectivity index (χ4v) is 3.82. The quantitative estimate of drug-likeness (QED) is 0.492. The largest absolute Gasteiger partial charge is 0.315 e. The van der Waals surface area contributed by atoms with Crippen LogP contribution in [0.25, 0.3) is 0 Å². The number of hydrogen-bond donors (Lipinski definition) is 0. The minimum absolute atomic E-state index is 0.416. The molecule has 0 radical (unpaired) electrons. The highest BCUT2D eigenvalue weighted by Crippen LogP contribution is 2.41. The van der Waals surface area contributed by atoms with E-state index in [1.807, 2.05) is 67.7 Å². The van der Waals surface area contributed by atoms with Crippen molar-refractivity contribution in [3.05, 3.63) is 125 Å². The van der Waals surface area contributed by atoms with Gasteiger partial charge >= 0.3 is 0 Å². The highest BCUT2D eigenvalue weighted by molar-refractivity contribution is 5.51. The average molecular weight is 349 g/mol. The van der Waals surface area contributed by atoms with Gasteiger partial charge < -0.3 is 4.57 Å². The maximum Gasteiger partial charge on any atom is 0.158 e. The summed E-state index contributed by atoms with van der Waals surface area (Å²) in [5, 5.41) is 9.43. The van der Waals surface area contributed by atoms with Crippen LogP contribution in [-0.4, -0.2) is 9.55 Å². The summed E-state index contributed by atoms with van der Waals surface area (Å²) >= 11 is 0.